The van der Waals surface area contributed by atoms with Crippen molar-refractivity contribution in [3.8, 4) is 0 Å². The van der Waals surface area contributed by atoms with Crippen LogP contribution in [0.3, 0.4) is 0 Å². The van der Waals surface area contributed by atoms with Crippen LogP contribution in [0.5, 0.6) is 0 Å². The second kappa shape index (κ2) is 9.98. The average Bonchev–Trinajstić information content (AvgIpc) is 2.54. The van der Waals surface area contributed by atoms with Gasteiger partial charge in [-0.1, -0.05) is 0 Å². The van der Waals surface area contributed by atoms with Crippen LogP contribution in [0.4, 0.5) is 0 Å². The molecule has 0 unspecified atom stereocenters. The molecule has 0 atom stereocenters. The van der Waals surface area contributed by atoms with E-state index in [2.05, 4.69) is 108 Å². The molecule has 0 bridgehead atoms. The Bertz CT molecular complexity index is 621. The Morgan fingerprint density at radius 2 is 1.00 bits per heavy atom. The van der Waals surface area contributed by atoms with Gasteiger partial charge in [-0.15, -0.1) is 12.4 Å². The molecule has 2 rings (SSSR count). The third-order valence-corrected chi connectivity index (χ3v) is 28.1. The van der Waals surface area contributed by atoms with E-state index in [1.807, 2.05) is 0 Å². The van der Waals surface area contributed by atoms with Crippen molar-refractivity contribution in [2.24, 2.45) is 0 Å². The Labute approximate surface area is 182 Å². The molecular weight excluding hydrogens is 471 g/mol. The van der Waals surface area contributed by atoms with Gasteiger partial charge in [-0.05, 0) is 0 Å². The number of halogens is 1. The molecule has 0 heterocycles. The van der Waals surface area contributed by atoms with Crippen molar-refractivity contribution in [3.63, 3.8) is 0 Å². The Morgan fingerprint density at radius 3 is 1.30 bits per heavy atom. The molecule has 0 aliphatic rings. The molecule has 0 saturated heterocycles. The van der Waals surface area contributed by atoms with Crippen molar-refractivity contribution in [2.45, 2.75) is 71.1 Å². The van der Waals surface area contributed by atoms with Crippen LogP contribution in [0.2, 0.25) is 32.6 Å². The summed E-state index contributed by atoms with van der Waals surface area (Å²) in [4.78, 5) is 0. The maximum atomic E-state index is 2.57. The fourth-order valence-corrected chi connectivity index (χ4v) is 29.6. The summed E-state index contributed by atoms with van der Waals surface area (Å²) in [6, 6.07) is 22.4. The molecule has 0 amide bonds. The molecule has 149 valence electrons. The molecule has 0 aromatic heterocycles. The summed E-state index contributed by atoms with van der Waals surface area (Å²) in [5.74, 6) is 0. The topological polar surface area (TPSA) is 0 Å². The normalized spacial score (nSPS) is 12.7. The zero-order chi connectivity index (χ0) is 19.4. The Kier molecular flexibility index (Phi) is 9.16. The van der Waals surface area contributed by atoms with Gasteiger partial charge in [-0.25, -0.2) is 0 Å². The largest absolute Gasteiger partial charge is 0.147 e. The minimum atomic E-state index is -1.57. The van der Waals surface area contributed by atoms with Gasteiger partial charge in [0.15, 0.2) is 0 Å². The number of hydrogen-bond donors (Lipinski definition) is 0. The first-order chi connectivity index (χ1) is 12.0. The fraction of sp³-hybridized carbons (Fsp3) is 0.500. The van der Waals surface area contributed by atoms with Crippen LogP contribution in [0, 0.1) is 0 Å². The van der Waals surface area contributed by atoms with E-state index in [0.717, 1.165) is 0 Å². The van der Waals surface area contributed by atoms with Gasteiger partial charge in [0.1, 0.15) is 0 Å². The van der Waals surface area contributed by atoms with E-state index in [1.165, 1.54) is 20.0 Å². The quantitative estimate of drug-likeness (QED) is 0.320. The smallest absolute Gasteiger partial charge is 0.147 e. The molecule has 0 spiro atoms. The van der Waals surface area contributed by atoms with Gasteiger partial charge in [0.2, 0.25) is 0 Å². The van der Waals surface area contributed by atoms with Crippen molar-refractivity contribution in [1.29, 1.82) is 0 Å². The van der Waals surface area contributed by atoms with Crippen LogP contribution in [0.1, 0.15) is 38.8 Å². The second-order valence-electron chi connectivity index (χ2n) is 10.3. The van der Waals surface area contributed by atoms with Crippen molar-refractivity contribution < 1.29 is 0 Å². The molecule has 27 heavy (non-hydrogen) atoms. The maximum Gasteiger partial charge on any atom is -0.147 e. The number of rotatable bonds is 8. The van der Waals surface area contributed by atoms with Gasteiger partial charge in [-0.3, -0.25) is 0 Å². The van der Waals surface area contributed by atoms with Gasteiger partial charge in [0, 0.05) is 0 Å². The summed E-state index contributed by atoms with van der Waals surface area (Å²) in [6.45, 7) is 17.6. The molecule has 0 N–H and O–H groups in total. The van der Waals surface area contributed by atoms with Crippen molar-refractivity contribution in [2.75, 3.05) is 0 Å². The van der Waals surface area contributed by atoms with E-state index >= 15 is 0 Å². The molecule has 2 aromatic rings. The summed E-state index contributed by atoms with van der Waals surface area (Å²) >= 11 is -1.57. The fourth-order valence-electron chi connectivity index (χ4n) is 4.17. The monoisotopic (exact) mass is 509 g/mol. The molecule has 3 heteroatoms. The van der Waals surface area contributed by atoms with Gasteiger partial charge in [0.05, 0.1) is 0 Å². The summed E-state index contributed by atoms with van der Waals surface area (Å²) in [5, 5.41) is 0. The summed E-state index contributed by atoms with van der Waals surface area (Å²) in [6.07, 6.45) is 0. The van der Waals surface area contributed by atoms with Crippen LogP contribution in [-0.4, -0.2) is 27.8 Å². The SMILES string of the molecule is CC(C)([CH2][Sn]([CH2]C(C)(C)c1ccccc1)[CH2][Si](C)(C)C)c1ccccc1.Cl. The minimum Gasteiger partial charge on any atom is -0.147 e. The average molecular weight is 509 g/mol. The molecule has 0 aliphatic carbocycles. The van der Waals surface area contributed by atoms with Crippen LogP contribution >= 0.6 is 12.4 Å². The predicted octanol–water partition coefficient (Wildman–Crippen LogP) is 7.74. The zero-order valence-electron chi connectivity index (χ0n) is 18.3. The predicted molar refractivity (Wildman–Crippen MR) is 130 cm³/mol. The summed E-state index contributed by atoms with van der Waals surface area (Å²) in [5.41, 5.74) is 3.66. The van der Waals surface area contributed by atoms with Gasteiger partial charge < -0.3 is 0 Å². The molecule has 1 radical (unpaired) electrons. The first-order valence-electron chi connectivity index (χ1n) is 9.94. The van der Waals surface area contributed by atoms with Crippen molar-refractivity contribution in [3.05, 3.63) is 71.8 Å². The molecule has 0 aliphatic heterocycles. The first kappa shape index (κ1) is 24.8. The van der Waals surface area contributed by atoms with E-state index < -0.39 is 27.8 Å². The van der Waals surface area contributed by atoms with E-state index in [4.69, 9.17) is 0 Å². The Balaban J connectivity index is 0.00000364. The third-order valence-electron chi connectivity index (χ3n) is 5.27. The van der Waals surface area contributed by atoms with E-state index in [-0.39, 0.29) is 12.4 Å². The van der Waals surface area contributed by atoms with Crippen LogP contribution in [0.15, 0.2) is 60.7 Å². The minimum absolute atomic E-state index is 0. The van der Waals surface area contributed by atoms with Crippen molar-refractivity contribution in [1.82, 2.24) is 0 Å². The third kappa shape index (κ3) is 7.94. The molecule has 0 fully saturated rings. The van der Waals surface area contributed by atoms with Crippen LogP contribution in [0.25, 0.3) is 0 Å². The van der Waals surface area contributed by atoms with Crippen LogP contribution in [-0.2, 0) is 10.8 Å². The Hall–Kier alpha value is -0.254. The zero-order valence-corrected chi connectivity index (χ0v) is 23.0. The molecular formula is C24H38ClSiSn. The number of hydrogen-bond acceptors (Lipinski definition) is 0. The maximum absolute atomic E-state index is 2.57. The van der Waals surface area contributed by atoms with Gasteiger partial charge >= 0.3 is 171 Å². The number of benzene rings is 2. The Morgan fingerprint density at radius 1 is 0.667 bits per heavy atom. The summed E-state index contributed by atoms with van der Waals surface area (Å²) in [7, 11) is -1.03. The first-order valence-corrected chi connectivity index (χ1v) is 19.7. The van der Waals surface area contributed by atoms with E-state index in [1.54, 1.807) is 4.06 Å². The summed E-state index contributed by atoms with van der Waals surface area (Å²) < 4.78 is 4.52. The second-order valence-corrected chi connectivity index (χ2v) is 25.1. The standard InChI is InChI=1S/2C10H13.C4H11Si.ClH.Sn/c2*1-10(2,3)9-7-5-4-6-8-9;1-5(2,3)4;;/h2*4-8H,1H2,2-3H3;1H2,2-4H3;1H;. The van der Waals surface area contributed by atoms with Gasteiger partial charge in [0.25, 0.3) is 0 Å². The molecule has 0 saturated carbocycles. The van der Waals surface area contributed by atoms with Gasteiger partial charge in [-0.2, -0.15) is 0 Å². The van der Waals surface area contributed by atoms with Crippen LogP contribution < -0.4 is 0 Å². The van der Waals surface area contributed by atoms with Crippen molar-refractivity contribution >= 4 is 40.2 Å². The molecule has 0 nitrogen and oxygen atoms in total. The molecule has 2 aromatic carbocycles. The van der Waals surface area contributed by atoms with E-state index in [9.17, 15) is 0 Å². The van der Waals surface area contributed by atoms with E-state index in [0.29, 0.717) is 10.8 Å².